The van der Waals surface area contributed by atoms with Gasteiger partial charge >= 0.3 is 5.69 Å². The number of hydrogen-bond acceptors (Lipinski definition) is 5. The van der Waals surface area contributed by atoms with Crippen LogP contribution in [0.1, 0.15) is 4.88 Å². The lowest BCUT2D eigenvalue weighted by Gasteiger charge is -1.95. The minimum Gasteiger partial charge on any atom is -0.368 e. The number of nitrogens with two attached hydrogens (primary N) is 1. The largest absolute Gasteiger partial charge is 0.368 e. The number of thiophene rings is 1. The molecule has 0 atom stereocenters. The zero-order chi connectivity index (χ0) is 10.1. The predicted octanol–water partition coefficient (Wildman–Crippen LogP) is 0.784. The summed E-state index contributed by atoms with van der Waals surface area (Å²) >= 11 is 1.54. The normalized spacial score (nSPS) is 10.4. The number of H-pyrrole nitrogens is 1. The third-order valence-corrected chi connectivity index (χ3v) is 2.65. The van der Waals surface area contributed by atoms with Crippen molar-refractivity contribution in [3.8, 4) is 10.7 Å². The van der Waals surface area contributed by atoms with Gasteiger partial charge in [0.25, 0.3) is 0 Å². The SMILES string of the molecule is Cc1ccc(-c2nc(N)nc(=O)[nH]2)s1. The first-order valence-electron chi connectivity index (χ1n) is 3.96. The van der Waals surface area contributed by atoms with E-state index in [0.29, 0.717) is 5.82 Å². The van der Waals surface area contributed by atoms with Gasteiger partial charge in [0.1, 0.15) is 0 Å². The number of aromatic nitrogens is 3. The van der Waals surface area contributed by atoms with Crippen molar-refractivity contribution in [2.24, 2.45) is 0 Å². The van der Waals surface area contributed by atoms with Crippen LogP contribution in [0.15, 0.2) is 16.9 Å². The minimum atomic E-state index is -0.474. The fourth-order valence-electron chi connectivity index (χ4n) is 1.08. The monoisotopic (exact) mass is 208 g/mol. The summed E-state index contributed by atoms with van der Waals surface area (Å²) in [4.78, 5) is 22.9. The maximum atomic E-state index is 11.0. The summed E-state index contributed by atoms with van der Waals surface area (Å²) in [6, 6.07) is 3.84. The number of nitrogens with zero attached hydrogens (tertiary/aromatic N) is 2. The highest BCUT2D eigenvalue weighted by Crippen LogP contribution is 2.23. The molecule has 14 heavy (non-hydrogen) atoms. The molecule has 0 unspecified atom stereocenters. The highest BCUT2D eigenvalue weighted by atomic mass is 32.1. The molecule has 0 aliphatic rings. The standard InChI is InChI=1S/C8H8N4OS/c1-4-2-3-5(14-4)6-10-7(9)12-8(13)11-6/h2-3H,1H3,(H3,9,10,11,12,13). The Kier molecular flexibility index (Phi) is 2.05. The van der Waals surface area contributed by atoms with E-state index in [-0.39, 0.29) is 5.95 Å². The molecule has 2 heterocycles. The van der Waals surface area contributed by atoms with Crippen molar-refractivity contribution >= 4 is 17.3 Å². The molecule has 0 saturated carbocycles. The number of aryl methyl sites for hydroxylation is 1. The van der Waals surface area contributed by atoms with Crippen LogP contribution in [0.4, 0.5) is 5.95 Å². The topological polar surface area (TPSA) is 84.7 Å². The molecule has 0 aliphatic carbocycles. The molecule has 72 valence electrons. The van der Waals surface area contributed by atoms with Crippen LogP contribution in [0.3, 0.4) is 0 Å². The first kappa shape index (κ1) is 8.89. The van der Waals surface area contributed by atoms with Gasteiger partial charge in [-0.05, 0) is 19.1 Å². The van der Waals surface area contributed by atoms with Crippen molar-refractivity contribution < 1.29 is 0 Å². The lowest BCUT2D eigenvalue weighted by Crippen LogP contribution is -2.15. The van der Waals surface area contributed by atoms with Gasteiger partial charge in [-0.25, -0.2) is 4.79 Å². The molecule has 0 fully saturated rings. The van der Waals surface area contributed by atoms with Crippen molar-refractivity contribution in [1.29, 1.82) is 0 Å². The average molecular weight is 208 g/mol. The van der Waals surface area contributed by atoms with Crippen molar-refractivity contribution in [2.45, 2.75) is 6.92 Å². The van der Waals surface area contributed by atoms with Crippen molar-refractivity contribution in [1.82, 2.24) is 15.0 Å². The number of rotatable bonds is 1. The number of nitrogens with one attached hydrogen (secondary N) is 1. The van der Waals surface area contributed by atoms with Crippen LogP contribution in [0.5, 0.6) is 0 Å². The fraction of sp³-hybridized carbons (Fsp3) is 0.125. The van der Waals surface area contributed by atoms with Crippen LogP contribution in [0.25, 0.3) is 10.7 Å². The third kappa shape index (κ3) is 1.64. The summed E-state index contributed by atoms with van der Waals surface area (Å²) in [5.74, 6) is 0.468. The molecule has 2 aromatic heterocycles. The van der Waals surface area contributed by atoms with Crippen molar-refractivity contribution in [3.05, 3.63) is 27.5 Å². The first-order valence-corrected chi connectivity index (χ1v) is 4.77. The highest BCUT2D eigenvalue weighted by Gasteiger charge is 2.04. The zero-order valence-corrected chi connectivity index (χ0v) is 8.26. The van der Waals surface area contributed by atoms with Gasteiger partial charge < -0.3 is 5.73 Å². The van der Waals surface area contributed by atoms with E-state index >= 15 is 0 Å². The predicted molar refractivity (Wildman–Crippen MR) is 55.1 cm³/mol. The van der Waals surface area contributed by atoms with Gasteiger partial charge in [0.05, 0.1) is 4.88 Å². The molecule has 0 bridgehead atoms. The van der Waals surface area contributed by atoms with Crippen molar-refractivity contribution in [3.63, 3.8) is 0 Å². The van der Waals surface area contributed by atoms with Crippen LogP contribution in [-0.4, -0.2) is 15.0 Å². The quantitative estimate of drug-likeness (QED) is 0.725. The van der Waals surface area contributed by atoms with Crippen LogP contribution >= 0.6 is 11.3 Å². The Hall–Kier alpha value is -1.69. The molecule has 2 aromatic rings. The number of nitrogen functional groups attached to an aromatic ring is 1. The average Bonchev–Trinajstić information content (AvgIpc) is 2.50. The van der Waals surface area contributed by atoms with Crippen molar-refractivity contribution in [2.75, 3.05) is 5.73 Å². The summed E-state index contributed by atoms with van der Waals surface area (Å²) in [6.45, 7) is 1.98. The van der Waals surface area contributed by atoms with Gasteiger partial charge in [-0.2, -0.15) is 9.97 Å². The van der Waals surface area contributed by atoms with E-state index in [1.165, 1.54) is 0 Å². The van der Waals surface area contributed by atoms with Crippen LogP contribution in [0, 0.1) is 6.92 Å². The van der Waals surface area contributed by atoms with Crippen LogP contribution in [-0.2, 0) is 0 Å². The number of anilines is 1. The van der Waals surface area contributed by atoms with E-state index in [1.54, 1.807) is 11.3 Å². The van der Waals surface area contributed by atoms with E-state index in [4.69, 9.17) is 5.73 Å². The highest BCUT2D eigenvalue weighted by molar-refractivity contribution is 7.15. The van der Waals surface area contributed by atoms with Gasteiger partial charge in [0, 0.05) is 4.88 Å². The molecule has 0 amide bonds. The molecular formula is C8H8N4OS. The minimum absolute atomic E-state index is 0.00481. The molecular weight excluding hydrogens is 200 g/mol. The van der Waals surface area contributed by atoms with E-state index in [1.807, 2.05) is 19.1 Å². The Bertz CT molecular complexity index is 516. The lowest BCUT2D eigenvalue weighted by molar-refractivity contribution is 1.01. The van der Waals surface area contributed by atoms with E-state index < -0.39 is 5.69 Å². The van der Waals surface area contributed by atoms with E-state index in [9.17, 15) is 4.79 Å². The summed E-state index contributed by atoms with van der Waals surface area (Å²) in [5.41, 5.74) is 4.89. The smallest absolute Gasteiger partial charge is 0.349 e. The Morgan fingerprint density at radius 2 is 2.21 bits per heavy atom. The maximum Gasteiger partial charge on any atom is 0.349 e. The summed E-state index contributed by atoms with van der Waals surface area (Å²) < 4.78 is 0. The molecule has 0 radical (unpaired) electrons. The Morgan fingerprint density at radius 1 is 1.43 bits per heavy atom. The zero-order valence-electron chi connectivity index (χ0n) is 7.44. The fourth-order valence-corrected chi connectivity index (χ4v) is 1.89. The number of aromatic amines is 1. The van der Waals surface area contributed by atoms with Gasteiger partial charge in [-0.3, -0.25) is 4.98 Å². The molecule has 6 heteroatoms. The molecule has 0 spiro atoms. The Balaban J connectivity index is 2.56. The molecule has 5 nitrogen and oxygen atoms in total. The number of hydrogen-bond donors (Lipinski definition) is 2. The second kappa shape index (κ2) is 3.22. The maximum absolute atomic E-state index is 11.0. The summed E-state index contributed by atoms with van der Waals surface area (Å²) in [5, 5.41) is 0. The van der Waals surface area contributed by atoms with Gasteiger partial charge in [-0.1, -0.05) is 0 Å². The van der Waals surface area contributed by atoms with Gasteiger partial charge in [0.2, 0.25) is 5.95 Å². The van der Waals surface area contributed by atoms with E-state index in [0.717, 1.165) is 9.75 Å². The second-order valence-electron chi connectivity index (χ2n) is 2.77. The third-order valence-electron chi connectivity index (χ3n) is 1.64. The Morgan fingerprint density at radius 3 is 2.79 bits per heavy atom. The summed E-state index contributed by atoms with van der Waals surface area (Å²) in [6.07, 6.45) is 0. The second-order valence-corrected chi connectivity index (χ2v) is 4.06. The van der Waals surface area contributed by atoms with Crippen LogP contribution in [0.2, 0.25) is 0 Å². The lowest BCUT2D eigenvalue weighted by atomic mass is 10.4. The molecule has 0 aliphatic heterocycles. The molecule has 2 rings (SSSR count). The Labute approximate surface area is 83.7 Å². The molecule has 0 aromatic carbocycles. The summed E-state index contributed by atoms with van der Waals surface area (Å²) in [7, 11) is 0. The molecule has 0 saturated heterocycles. The molecule has 3 N–H and O–H groups in total. The first-order chi connectivity index (χ1) is 6.65. The van der Waals surface area contributed by atoms with E-state index in [2.05, 4.69) is 15.0 Å². The van der Waals surface area contributed by atoms with Gasteiger partial charge in [-0.15, -0.1) is 11.3 Å². The van der Waals surface area contributed by atoms with Crippen LogP contribution < -0.4 is 11.4 Å². The van der Waals surface area contributed by atoms with Gasteiger partial charge in [0.15, 0.2) is 5.82 Å².